The first-order chi connectivity index (χ1) is 17.0. The molecule has 3 aromatic rings. The lowest BCUT2D eigenvalue weighted by Crippen LogP contribution is -2.45. The van der Waals surface area contributed by atoms with Crippen molar-refractivity contribution in [3.63, 3.8) is 0 Å². The molecule has 0 aromatic heterocycles. The molecule has 1 saturated heterocycles. The molecule has 0 saturated carbocycles. The van der Waals surface area contributed by atoms with E-state index in [-0.39, 0.29) is 35.9 Å². The Balaban J connectivity index is 1.64. The predicted molar refractivity (Wildman–Crippen MR) is 136 cm³/mol. The van der Waals surface area contributed by atoms with Gasteiger partial charge in [-0.25, -0.2) is 18.5 Å². The lowest BCUT2D eigenvalue weighted by molar-refractivity contribution is -0.138. The number of halogens is 2. The fraction of sp³-hybridized carbons (Fsp3) is 0.160. The minimum Gasteiger partial charge on any atom is -0.325 e. The first-order valence-electron chi connectivity index (χ1n) is 10.8. The molecule has 4 rings (SSSR count). The number of sulfonamides is 1. The highest BCUT2D eigenvalue weighted by molar-refractivity contribution is 7.89. The topological polar surface area (TPSA) is 118 Å². The Morgan fingerprint density at radius 3 is 2.22 bits per heavy atom. The lowest BCUT2D eigenvalue weighted by Gasteiger charge is -2.28. The van der Waals surface area contributed by atoms with Crippen LogP contribution in [-0.2, 0) is 37.4 Å². The number of imide groups is 1. The summed E-state index contributed by atoms with van der Waals surface area (Å²) in [6.45, 7) is 0.0218. The van der Waals surface area contributed by atoms with E-state index >= 15 is 0 Å². The summed E-state index contributed by atoms with van der Waals surface area (Å²) in [5, 5.41) is 6.08. The second kappa shape index (κ2) is 10.4. The van der Waals surface area contributed by atoms with E-state index in [0.717, 1.165) is 4.90 Å². The Hall–Kier alpha value is -3.24. The maximum atomic E-state index is 13.4. The van der Waals surface area contributed by atoms with Crippen molar-refractivity contribution in [1.82, 2.24) is 4.90 Å². The molecule has 186 valence electrons. The van der Waals surface area contributed by atoms with Crippen LogP contribution in [0.1, 0.15) is 17.5 Å². The normalized spacial score (nSPS) is 15.9. The van der Waals surface area contributed by atoms with Crippen LogP contribution < -0.4 is 10.0 Å². The highest BCUT2D eigenvalue weighted by Gasteiger charge is 2.44. The van der Waals surface area contributed by atoms with Gasteiger partial charge in [0.15, 0.2) is 0 Å². The molecule has 11 heteroatoms. The quantitative estimate of drug-likeness (QED) is 0.455. The van der Waals surface area contributed by atoms with Crippen molar-refractivity contribution in [3.8, 4) is 0 Å². The molecule has 0 spiro atoms. The van der Waals surface area contributed by atoms with E-state index in [0.29, 0.717) is 21.2 Å². The van der Waals surface area contributed by atoms with Crippen LogP contribution in [-0.4, -0.2) is 37.1 Å². The molecule has 3 aromatic carbocycles. The third kappa shape index (κ3) is 5.60. The van der Waals surface area contributed by atoms with Crippen LogP contribution in [0.2, 0.25) is 10.0 Å². The van der Waals surface area contributed by atoms with E-state index < -0.39 is 27.9 Å². The van der Waals surface area contributed by atoms with E-state index in [1.165, 1.54) is 29.2 Å². The van der Waals surface area contributed by atoms with Crippen LogP contribution in [0.25, 0.3) is 0 Å². The number of benzene rings is 3. The molecule has 0 aliphatic carbocycles. The maximum absolute atomic E-state index is 13.4. The van der Waals surface area contributed by atoms with Crippen LogP contribution in [0.5, 0.6) is 0 Å². The predicted octanol–water partition coefficient (Wildman–Crippen LogP) is 3.54. The van der Waals surface area contributed by atoms with Gasteiger partial charge in [-0.2, -0.15) is 0 Å². The van der Waals surface area contributed by atoms with Gasteiger partial charge in [0.25, 0.3) is 5.91 Å². The average molecular weight is 546 g/mol. The number of amides is 3. The van der Waals surface area contributed by atoms with Gasteiger partial charge < -0.3 is 4.90 Å². The van der Waals surface area contributed by atoms with Gasteiger partial charge in [0.05, 0.1) is 23.4 Å². The van der Waals surface area contributed by atoms with Gasteiger partial charge in [0.2, 0.25) is 21.8 Å². The highest BCUT2D eigenvalue weighted by atomic mass is 35.5. The third-order valence-corrected chi connectivity index (χ3v) is 7.36. The van der Waals surface area contributed by atoms with Gasteiger partial charge in [-0.1, -0.05) is 53.5 Å². The van der Waals surface area contributed by atoms with Crippen LogP contribution in [0.15, 0.2) is 77.7 Å². The van der Waals surface area contributed by atoms with E-state index in [1.54, 1.807) is 48.5 Å². The number of hydrogen-bond acceptors (Lipinski definition) is 5. The minimum absolute atomic E-state index is 0.0113. The van der Waals surface area contributed by atoms with Crippen LogP contribution in [0.4, 0.5) is 5.69 Å². The van der Waals surface area contributed by atoms with E-state index in [4.69, 9.17) is 28.3 Å². The van der Waals surface area contributed by atoms with Crippen molar-refractivity contribution in [3.05, 3.63) is 94.0 Å². The second-order valence-corrected chi connectivity index (χ2v) is 10.6. The van der Waals surface area contributed by atoms with Crippen LogP contribution in [0, 0.1) is 0 Å². The number of anilines is 1. The molecular formula is C25H21Cl2N3O5S. The SMILES string of the molecule is NS(=O)(=O)c1ccc(N2C(=O)CC(N(Cc3ccccc3Cl)C(=O)Cc3ccc(Cl)cc3)C2=O)cc1. The summed E-state index contributed by atoms with van der Waals surface area (Å²) >= 11 is 12.3. The molecule has 1 heterocycles. The summed E-state index contributed by atoms with van der Waals surface area (Å²) in [7, 11) is -3.94. The Bertz CT molecular complexity index is 1430. The number of nitrogens with two attached hydrogens (primary N) is 1. The molecule has 1 aliphatic heterocycles. The summed E-state index contributed by atoms with van der Waals surface area (Å²) in [4.78, 5) is 41.9. The Morgan fingerprint density at radius 2 is 1.61 bits per heavy atom. The van der Waals surface area contributed by atoms with Crippen molar-refractivity contribution in [2.75, 3.05) is 4.90 Å². The molecule has 36 heavy (non-hydrogen) atoms. The number of carbonyl (C=O) groups excluding carboxylic acids is 3. The first-order valence-corrected chi connectivity index (χ1v) is 13.1. The van der Waals surface area contributed by atoms with Gasteiger partial charge in [0.1, 0.15) is 6.04 Å². The average Bonchev–Trinajstić information content (AvgIpc) is 3.13. The fourth-order valence-corrected chi connectivity index (χ4v) is 4.81. The molecule has 0 radical (unpaired) electrons. The molecule has 0 bridgehead atoms. The van der Waals surface area contributed by atoms with Gasteiger partial charge in [0, 0.05) is 16.6 Å². The third-order valence-electron chi connectivity index (χ3n) is 5.81. The number of primary sulfonamides is 1. The first kappa shape index (κ1) is 25.8. The Labute approximate surface area is 218 Å². The van der Waals surface area contributed by atoms with Gasteiger partial charge in [-0.3, -0.25) is 14.4 Å². The number of rotatable bonds is 7. The standard InChI is InChI=1S/C25H21Cl2N3O5S/c26-18-7-5-16(6-8-18)13-23(31)29(15-17-3-1-2-4-21(17)27)22-14-24(32)30(25(22)33)19-9-11-20(12-10-19)36(28,34)35/h1-12,22H,13-15H2,(H2,28,34,35). The molecule has 2 N–H and O–H groups in total. The molecule has 1 fully saturated rings. The minimum atomic E-state index is -3.94. The zero-order chi connectivity index (χ0) is 26.0. The summed E-state index contributed by atoms with van der Waals surface area (Å²) in [6, 6.07) is 17.7. The molecule has 1 atom stereocenters. The summed E-state index contributed by atoms with van der Waals surface area (Å²) in [5.41, 5.74) is 1.50. The molecule has 1 aliphatic rings. The molecular weight excluding hydrogens is 525 g/mol. The van der Waals surface area contributed by atoms with Crippen LogP contribution >= 0.6 is 23.2 Å². The maximum Gasteiger partial charge on any atom is 0.257 e. The van der Waals surface area contributed by atoms with E-state index in [9.17, 15) is 22.8 Å². The van der Waals surface area contributed by atoms with Crippen LogP contribution in [0.3, 0.4) is 0 Å². The van der Waals surface area contributed by atoms with Gasteiger partial charge in [-0.05, 0) is 53.6 Å². The van der Waals surface area contributed by atoms with Gasteiger partial charge in [-0.15, -0.1) is 0 Å². The van der Waals surface area contributed by atoms with Crippen molar-refractivity contribution >= 4 is 56.6 Å². The van der Waals surface area contributed by atoms with Gasteiger partial charge >= 0.3 is 0 Å². The fourth-order valence-electron chi connectivity index (χ4n) is 3.98. The number of carbonyl (C=O) groups is 3. The van der Waals surface area contributed by atoms with Crippen molar-refractivity contribution in [2.24, 2.45) is 5.14 Å². The Kier molecular flexibility index (Phi) is 7.46. The van der Waals surface area contributed by atoms with Crippen molar-refractivity contribution in [1.29, 1.82) is 0 Å². The summed E-state index contributed by atoms with van der Waals surface area (Å²) in [6.07, 6.45) is -0.241. The summed E-state index contributed by atoms with van der Waals surface area (Å²) in [5.74, 6) is -1.48. The largest absolute Gasteiger partial charge is 0.325 e. The highest BCUT2D eigenvalue weighted by Crippen LogP contribution is 2.29. The smallest absolute Gasteiger partial charge is 0.257 e. The van der Waals surface area contributed by atoms with Crippen molar-refractivity contribution in [2.45, 2.75) is 30.3 Å². The zero-order valence-corrected chi connectivity index (χ0v) is 21.1. The van der Waals surface area contributed by atoms with Crippen molar-refractivity contribution < 1.29 is 22.8 Å². The molecule has 3 amide bonds. The number of nitrogens with zero attached hydrogens (tertiary/aromatic N) is 2. The molecule has 8 nitrogen and oxygen atoms in total. The molecule has 1 unspecified atom stereocenters. The Morgan fingerprint density at radius 1 is 0.972 bits per heavy atom. The number of hydrogen-bond donors (Lipinski definition) is 1. The second-order valence-electron chi connectivity index (χ2n) is 8.24. The lowest BCUT2D eigenvalue weighted by atomic mass is 10.1. The zero-order valence-electron chi connectivity index (χ0n) is 18.8. The summed E-state index contributed by atoms with van der Waals surface area (Å²) < 4.78 is 23.1. The van der Waals surface area contributed by atoms with E-state index in [1.807, 2.05) is 0 Å². The van der Waals surface area contributed by atoms with E-state index in [2.05, 4.69) is 0 Å². The monoisotopic (exact) mass is 545 g/mol.